The summed E-state index contributed by atoms with van der Waals surface area (Å²) >= 11 is 0. The third kappa shape index (κ3) is 2.77. The van der Waals surface area contributed by atoms with E-state index in [0.29, 0.717) is 12.0 Å². The molecule has 24 heavy (non-hydrogen) atoms. The topological polar surface area (TPSA) is 55.4 Å². The monoisotopic (exact) mass is 325 g/mol. The predicted octanol–water partition coefficient (Wildman–Crippen LogP) is 3.39. The average Bonchev–Trinajstić information content (AvgIpc) is 2.60. The minimum atomic E-state index is -0.380. The van der Waals surface area contributed by atoms with Crippen LogP contribution in [0.3, 0.4) is 0 Å². The lowest BCUT2D eigenvalue weighted by Gasteiger charge is -2.34. The van der Waals surface area contributed by atoms with Gasteiger partial charge < -0.3 is 10.1 Å². The largest absolute Gasteiger partial charge is 0.466 e. The van der Waals surface area contributed by atoms with Gasteiger partial charge in [-0.1, -0.05) is 31.2 Å². The van der Waals surface area contributed by atoms with E-state index in [4.69, 9.17) is 4.74 Å². The first-order valence-corrected chi connectivity index (χ1v) is 8.48. The van der Waals surface area contributed by atoms with Crippen LogP contribution in [0.1, 0.15) is 50.2 Å². The van der Waals surface area contributed by atoms with E-state index >= 15 is 0 Å². The number of carbonyl (C=O) groups excluding carboxylic acids is 2. The lowest BCUT2D eigenvalue weighted by molar-refractivity contribution is -0.136. The summed E-state index contributed by atoms with van der Waals surface area (Å²) in [6.07, 6.45) is 3.19. The van der Waals surface area contributed by atoms with Crippen LogP contribution < -0.4 is 5.32 Å². The molecule has 0 unspecified atom stereocenters. The van der Waals surface area contributed by atoms with Crippen LogP contribution >= 0.6 is 0 Å². The van der Waals surface area contributed by atoms with Gasteiger partial charge in [0.05, 0.1) is 12.7 Å². The number of hydrogen-bond donors (Lipinski definition) is 1. The van der Waals surface area contributed by atoms with Gasteiger partial charge in [-0.05, 0) is 37.3 Å². The van der Waals surface area contributed by atoms with Crippen LogP contribution in [0.2, 0.25) is 0 Å². The molecule has 0 saturated carbocycles. The molecule has 0 bridgehead atoms. The Morgan fingerprint density at radius 2 is 1.96 bits per heavy atom. The van der Waals surface area contributed by atoms with Crippen LogP contribution in [0.4, 0.5) is 0 Å². The van der Waals surface area contributed by atoms with Gasteiger partial charge in [0.1, 0.15) is 0 Å². The molecule has 1 aromatic rings. The highest BCUT2D eigenvalue weighted by Gasteiger charge is 2.38. The molecule has 1 atom stereocenters. The first-order chi connectivity index (χ1) is 11.6. The van der Waals surface area contributed by atoms with Gasteiger partial charge in [-0.2, -0.15) is 0 Å². The minimum absolute atomic E-state index is 0.127. The minimum Gasteiger partial charge on any atom is -0.466 e. The molecule has 4 heteroatoms. The van der Waals surface area contributed by atoms with Gasteiger partial charge in [-0.25, -0.2) is 4.79 Å². The third-order valence-electron chi connectivity index (χ3n) is 4.90. The zero-order valence-corrected chi connectivity index (χ0v) is 14.4. The van der Waals surface area contributed by atoms with Gasteiger partial charge in [0, 0.05) is 29.3 Å². The normalized spacial score (nSPS) is 20.6. The highest BCUT2D eigenvalue weighted by atomic mass is 16.5. The number of hydrogen-bond acceptors (Lipinski definition) is 4. The maximum atomic E-state index is 12.6. The average molecular weight is 325 g/mol. The van der Waals surface area contributed by atoms with Crippen molar-refractivity contribution in [3.8, 4) is 0 Å². The van der Waals surface area contributed by atoms with Crippen LogP contribution in [-0.4, -0.2) is 18.9 Å². The zero-order valence-electron chi connectivity index (χ0n) is 14.4. The Morgan fingerprint density at radius 3 is 2.58 bits per heavy atom. The van der Waals surface area contributed by atoms with E-state index in [0.717, 1.165) is 41.8 Å². The van der Waals surface area contributed by atoms with E-state index in [1.54, 1.807) is 0 Å². The third-order valence-corrected chi connectivity index (χ3v) is 4.90. The summed E-state index contributed by atoms with van der Waals surface area (Å²) in [6.45, 7) is 3.98. The van der Waals surface area contributed by atoms with E-state index in [1.807, 2.05) is 19.1 Å². The Morgan fingerprint density at radius 1 is 1.25 bits per heavy atom. The molecule has 4 nitrogen and oxygen atoms in total. The fraction of sp³-hybridized carbons (Fsp3) is 0.400. The zero-order chi connectivity index (χ0) is 17.3. The Hall–Kier alpha value is -2.36. The summed E-state index contributed by atoms with van der Waals surface area (Å²) < 4.78 is 5.00. The summed E-state index contributed by atoms with van der Waals surface area (Å²) in [5.74, 6) is -0.593. The van der Waals surface area contributed by atoms with Crippen molar-refractivity contribution in [3.63, 3.8) is 0 Å². The number of rotatable bonds is 3. The number of carbonyl (C=O) groups is 2. The number of Topliss-reactive ketones (excluding diaryl/α,β-unsaturated/α-hetero) is 1. The van der Waals surface area contributed by atoms with E-state index in [9.17, 15) is 9.59 Å². The fourth-order valence-electron chi connectivity index (χ4n) is 3.64. The van der Waals surface area contributed by atoms with Crippen LogP contribution in [0, 0.1) is 0 Å². The van der Waals surface area contributed by atoms with Gasteiger partial charge in [-0.3, -0.25) is 4.79 Å². The molecule has 1 aliphatic heterocycles. The summed E-state index contributed by atoms with van der Waals surface area (Å²) in [5, 5.41) is 3.27. The Kier molecular flexibility index (Phi) is 4.56. The maximum Gasteiger partial charge on any atom is 0.336 e. The highest BCUT2D eigenvalue weighted by molar-refractivity contribution is 6.03. The molecule has 0 aromatic heterocycles. The van der Waals surface area contributed by atoms with Crippen molar-refractivity contribution in [2.24, 2.45) is 0 Å². The van der Waals surface area contributed by atoms with E-state index in [-0.39, 0.29) is 17.7 Å². The van der Waals surface area contributed by atoms with Crippen LogP contribution in [-0.2, 0) is 20.7 Å². The highest BCUT2D eigenvalue weighted by Crippen LogP contribution is 2.42. The van der Waals surface area contributed by atoms with Crippen molar-refractivity contribution in [1.29, 1.82) is 0 Å². The molecule has 0 saturated heterocycles. The van der Waals surface area contributed by atoms with Crippen LogP contribution in [0.15, 0.2) is 46.8 Å². The predicted molar refractivity (Wildman–Crippen MR) is 92.3 cm³/mol. The number of esters is 1. The Labute approximate surface area is 142 Å². The van der Waals surface area contributed by atoms with Gasteiger partial charge >= 0.3 is 5.97 Å². The van der Waals surface area contributed by atoms with E-state index in [2.05, 4.69) is 24.4 Å². The number of dihydropyridines is 1. The number of methoxy groups -OCH3 is 1. The van der Waals surface area contributed by atoms with Gasteiger partial charge in [0.2, 0.25) is 0 Å². The number of benzene rings is 1. The number of allylic oxidation sites excluding steroid dienone is 3. The molecule has 1 N–H and O–H groups in total. The molecule has 0 radical (unpaired) electrons. The van der Waals surface area contributed by atoms with Crippen molar-refractivity contribution >= 4 is 11.8 Å². The summed E-state index contributed by atoms with van der Waals surface area (Å²) in [5.41, 5.74) is 5.21. The molecular weight excluding hydrogens is 302 g/mol. The summed E-state index contributed by atoms with van der Waals surface area (Å²) in [4.78, 5) is 25.0. The first kappa shape index (κ1) is 16.5. The molecule has 1 aliphatic carbocycles. The molecule has 3 rings (SSSR count). The van der Waals surface area contributed by atoms with Gasteiger partial charge in [-0.15, -0.1) is 0 Å². The first-order valence-electron chi connectivity index (χ1n) is 8.48. The SMILES string of the molecule is CCc1ccc([C@H]2C(C(=O)OC)=C(C)NC3=C2C(=O)CCC3)cc1. The second-order valence-electron chi connectivity index (χ2n) is 6.35. The van der Waals surface area contributed by atoms with Crippen LogP contribution in [0.5, 0.6) is 0 Å². The molecule has 1 aromatic carbocycles. The lowest BCUT2D eigenvalue weighted by Crippen LogP contribution is -2.34. The molecular formula is C20H23NO3. The fourth-order valence-corrected chi connectivity index (χ4v) is 3.64. The maximum absolute atomic E-state index is 12.6. The van der Waals surface area contributed by atoms with Crippen molar-refractivity contribution in [3.05, 3.63) is 57.9 Å². The molecule has 126 valence electrons. The van der Waals surface area contributed by atoms with Crippen LogP contribution in [0.25, 0.3) is 0 Å². The lowest BCUT2D eigenvalue weighted by atomic mass is 9.75. The number of nitrogens with one attached hydrogen (secondary N) is 1. The molecule has 0 amide bonds. The number of aryl methyl sites for hydroxylation is 1. The van der Waals surface area contributed by atoms with Crippen molar-refractivity contribution in [2.45, 2.75) is 45.4 Å². The quantitative estimate of drug-likeness (QED) is 0.866. The van der Waals surface area contributed by atoms with Gasteiger partial charge in [0.15, 0.2) is 5.78 Å². The standard InChI is InChI=1S/C20H23NO3/c1-4-13-8-10-14(11-9-13)18-17(20(23)24-3)12(2)21-15-6-5-7-16(22)19(15)18/h8-11,18,21H,4-7H2,1-3H3/t18-/m0/s1. The molecule has 2 aliphatic rings. The Balaban J connectivity index is 2.15. The molecule has 0 fully saturated rings. The smallest absolute Gasteiger partial charge is 0.336 e. The summed E-state index contributed by atoms with van der Waals surface area (Å²) in [7, 11) is 1.38. The number of ether oxygens (including phenoxy) is 1. The van der Waals surface area contributed by atoms with Crippen molar-refractivity contribution in [2.75, 3.05) is 7.11 Å². The molecule has 0 spiro atoms. The second kappa shape index (κ2) is 6.63. The van der Waals surface area contributed by atoms with Gasteiger partial charge in [0.25, 0.3) is 0 Å². The van der Waals surface area contributed by atoms with E-state index < -0.39 is 0 Å². The van der Waals surface area contributed by atoms with Crippen molar-refractivity contribution < 1.29 is 14.3 Å². The number of ketones is 1. The second-order valence-corrected chi connectivity index (χ2v) is 6.35. The van der Waals surface area contributed by atoms with Crippen molar-refractivity contribution in [1.82, 2.24) is 5.32 Å². The Bertz CT molecular complexity index is 741. The molecule has 1 heterocycles. The summed E-state index contributed by atoms with van der Waals surface area (Å²) in [6, 6.07) is 8.18. The van der Waals surface area contributed by atoms with E-state index in [1.165, 1.54) is 12.7 Å².